The largest absolute Gasteiger partial charge is 0.481 e. The maximum absolute atomic E-state index is 12.5. The normalized spacial score (nSPS) is 23.8. The van der Waals surface area contributed by atoms with Gasteiger partial charge in [0.1, 0.15) is 5.75 Å². The molecule has 0 saturated heterocycles. The molecule has 4 rings (SSSR count). The van der Waals surface area contributed by atoms with Crippen molar-refractivity contribution in [1.29, 1.82) is 0 Å². The predicted octanol–water partition coefficient (Wildman–Crippen LogP) is 2.55. The van der Waals surface area contributed by atoms with Crippen LogP contribution in [0.3, 0.4) is 0 Å². The average Bonchev–Trinajstić information content (AvgIpc) is 3.39. The van der Waals surface area contributed by atoms with Gasteiger partial charge in [-0.2, -0.15) is 0 Å². The molecule has 3 aliphatic rings. The Morgan fingerprint density at radius 2 is 2.09 bits per heavy atom. The third-order valence-electron chi connectivity index (χ3n) is 4.78. The van der Waals surface area contributed by atoms with Crippen LogP contribution in [0, 0.1) is 11.8 Å². The molecule has 1 heterocycles. The van der Waals surface area contributed by atoms with Crippen molar-refractivity contribution in [2.75, 3.05) is 11.9 Å². The summed E-state index contributed by atoms with van der Waals surface area (Å²) in [6.45, 7) is 3.17. The Labute approximate surface area is 136 Å². The molecule has 0 radical (unpaired) electrons. The van der Waals surface area contributed by atoms with Crippen LogP contribution in [-0.2, 0) is 16.1 Å². The third kappa shape index (κ3) is 3.19. The fraction of sp³-hybridized carbons (Fsp3) is 0.556. The third-order valence-corrected chi connectivity index (χ3v) is 4.78. The van der Waals surface area contributed by atoms with E-state index in [0.717, 1.165) is 36.4 Å². The Hall–Kier alpha value is -2.04. The summed E-state index contributed by atoms with van der Waals surface area (Å²) >= 11 is 0. The van der Waals surface area contributed by atoms with Crippen LogP contribution in [0.2, 0.25) is 0 Å². The average molecular weight is 314 g/mol. The van der Waals surface area contributed by atoms with Crippen molar-refractivity contribution in [3.63, 3.8) is 0 Å². The molecule has 2 saturated carbocycles. The van der Waals surface area contributed by atoms with Gasteiger partial charge in [-0.05, 0) is 56.7 Å². The quantitative estimate of drug-likeness (QED) is 0.929. The van der Waals surface area contributed by atoms with Crippen molar-refractivity contribution in [2.24, 2.45) is 11.8 Å². The maximum Gasteiger partial charge on any atom is 0.263 e. The summed E-state index contributed by atoms with van der Waals surface area (Å²) in [5.74, 6) is 1.72. The molecule has 5 nitrogen and oxygen atoms in total. The van der Waals surface area contributed by atoms with Gasteiger partial charge in [0.15, 0.2) is 6.10 Å². The minimum absolute atomic E-state index is 0.0525. The van der Waals surface area contributed by atoms with E-state index in [2.05, 4.69) is 5.32 Å². The molecule has 2 aliphatic carbocycles. The number of hydrogen-bond donors (Lipinski definition) is 1. The standard InChI is InChI=1S/C18H22N2O3/c1-11-18(22)20(9-12-2-3-12)10-14-8-15(6-7-16(14)23-11)19-17(21)13-4-5-13/h6-8,11-13H,2-5,9-10H2,1H3,(H,19,21). The van der Waals surface area contributed by atoms with E-state index < -0.39 is 6.10 Å². The lowest BCUT2D eigenvalue weighted by molar-refractivity contribution is -0.137. The van der Waals surface area contributed by atoms with Crippen molar-refractivity contribution < 1.29 is 14.3 Å². The van der Waals surface area contributed by atoms with Gasteiger partial charge in [-0.25, -0.2) is 0 Å². The van der Waals surface area contributed by atoms with Crippen LogP contribution in [0.1, 0.15) is 38.2 Å². The van der Waals surface area contributed by atoms with E-state index in [4.69, 9.17) is 4.74 Å². The van der Waals surface area contributed by atoms with E-state index in [-0.39, 0.29) is 17.7 Å². The molecule has 1 aromatic carbocycles. The Balaban J connectivity index is 1.55. The zero-order chi connectivity index (χ0) is 16.0. The smallest absolute Gasteiger partial charge is 0.263 e. The number of benzene rings is 1. The van der Waals surface area contributed by atoms with Crippen LogP contribution in [0.15, 0.2) is 18.2 Å². The second kappa shape index (κ2) is 5.55. The van der Waals surface area contributed by atoms with Crippen LogP contribution in [0.5, 0.6) is 5.75 Å². The van der Waals surface area contributed by atoms with Gasteiger partial charge in [0.2, 0.25) is 5.91 Å². The summed E-state index contributed by atoms with van der Waals surface area (Å²) in [7, 11) is 0. The fourth-order valence-electron chi connectivity index (χ4n) is 3.03. The van der Waals surface area contributed by atoms with Crippen LogP contribution in [0.4, 0.5) is 5.69 Å². The van der Waals surface area contributed by atoms with Gasteiger partial charge in [0.05, 0.1) is 0 Å². The van der Waals surface area contributed by atoms with Crippen molar-refractivity contribution >= 4 is 17.5 Å². The van der Waals surface area contributed by atoms with Crippen LogP contribution in [-0.4, -0.2) is 29.4 Å². The van der Waals surface area contributed by atoms with E-state index in [0.29, 0.717) is 12.5 Å². The first-order valence-electron chi connectivity index (χ1n) is 8.49. The first-order valence-corrected chi connectivity index (χ1v) is 8.49. The van der Waals surface area contributed by atoms with Crippen LogP contribution < -0.4 is 10.1 Å². The number of hydrogen-bond acceptors (Lipinski definition) is 3. The van der Waals surface area contributed by atoms with Gasteiger partial charge in [-0.1, -0.05) is 0 Å². The summed E-state index contributed by atoms with van der Waals surface area (Å²) in [5, 5.41) is 2.97. The molecule has 1 aliphatic heterocycles. The van der Waals surface area contributed by atoms with E-state index in [1.807, 2.05) is 23.1 Å². The van der Waals surface area contributed by atoms with Crippen LogP contribution in [0.25, 0.3) is 0 Å². The molecule has 2 amide bonds. The van der Waals surface area contributed by atoms with Crippen molar-refractivity contribution in [1.82, 2.24) is 4.90 Å². The second-order valence-corrected chi connectivity index (χ2v) is 7.01. The molecule has 122 valence electrons. The fourth-order valence-corrected chi connectivity index (χ4v) is 3.03. The summed E-state index contributed by atoms with van der Waals surface area (Å²) < 4.78 is 5.82. The van der Waals surface area contributed by atoms with Crippen molar-refractivity contribution in [3.8, 4) is 5.75 Å². The molecule has 0 aromatic heterocycles. The van der Waals surface area contributed by atoms with E-state index in [9.17, 15) is 9.59 Å². The van der Waals surface area contributed by atoms with Gasteiger partial charge in [-0.15, -0.1) is 0 Å². The lowest BCUT2D eigenvalue weighted by atomic mass is 10.1. The Bertz CT molecular complexity index is 650. The number of carbonyl (C=O) groups excluding carboxylic acids is 2. The Morgan fingerprint density at radius 1 is 1.30 bits per heavy atom. The number of amides is 2. The summed E-state index contributed by atoms with van der Waals surface area (Å²) in [6.07, 6.45) is 3.94. The van der Waals surface area contributed by atoms with Crippen LogP contribution >= 0.6 is 0 Å². The first kappa shape index (κ1) is 14.5. The molecule has 1 N–H and O–H groups in total. The topological polar surface area (TPSA) is 58.6 Å². The SMILES string of the molecule is CC1Oc2ccc(NC(=O)C3CC3)cc2CN(CC2CC2)C1=O. The van der Waals surface area contributed by atoms with E-state index >= 15 is 0 Å². The molecule has 23 heavy (non-hydrogen) atoms. The molecule has 1 atom stereocenters. The predicted molar refractivity (Wildman–Crippen MR) is 86.0 cm³/mol. The number of ether oxygens (including phenoxy) is 1. The Kier molecular flexibility index (Phi) is 3.51. The van der Waals surface area contributed by atoms with Gasteiger partial charge in [0, 0.05) is 30.3 Å². The van der Waals surface area contributed by atoms with E-state index in [1.165, 1.54) is 12.8 Å². The zero-order valence-corrected chi connectivity index (χ0v) is 13.4. The first-order chi connectivity index (χ1) is 11.1. The molecule has 1 aromatic rings. The highest BCUT2D eigenvalue weighted by molar-refractivity contribution is 5.94. The zero-order valence-electron chi connectivity index (χ0n) is 13.4. The number of nitrogens with zero attached hydrogens (tertiary/aromatic N) is 1. The molecule has 1 unspecified atom stereocenters. The number of carbonyl (C=O) groups is 2. The maximum atomic E-state index is 12.5. The van der Waals surface area contributed by atoms with Gasteiger partial charge in [-0.3, -0.25) is 9.59 Å². The summed E-state index contributed by atoms with van der Waals surface area (Å²) in [6, 6.07) is 5.66. The lowest BCUT2D eigenvalue weighted by Crippen LogP contribution is -2.39. The summed E-state index contributed by atoms with van der Waals surface area (Å²) in [4.78, 5) is 26.3. The summed E-state index contributed by atoms with van der Waals surface area (Å²) in [5.41, 5.74) is 1.76. The molecular weight excluding hydrogens is 292 g/mol. The Morgan fingerprint density at radius 3 is 2.78 bits per heavy atom. The minimum atomic E-state index is -0.457. The molecule has 0 spiro atoms. The van der Waals surface area contributed by atoms with Gasteiger partial charge in [0.25, 0.3) is 5.91 Å². The van der Waals surface area contributed by atoms with E-state index in [1.54, 1.807) is 6.92 Å². The van der Waals surface area contributed by atoms with Gasteiger partial charge >= 0.3 is 0 Å². The highest BCUT2D eigenvalue weighted by Gasteiger charge is 2.33. The number of rotatable bonds is 4. The van der Waals surface area contributed by atoms with Gasteiger partial charge < -0.3 is 15.0 Å². The lowest BCUT2D eigenvalue weighted by Gasteiger charge is -2.22. The number of fused-ring (bicyclic) bond motifs is 1. The molecule has 5 heteroatoms. The second-order valence-electron chi connectivity index (χ2n) is 7.01. The minimum Gasteiger partial charge on any atom is -0.481 e. The molecule has 2 fully saturated rings. The van der Waals surface area contributed by atoms with Crippen molar-refractivity contribution in [3.05, 3.63) is 23.8 Å². The monoisotopic (exact) mass is 314 g/mol. The highest BCUT2D eigenvalue weighted by atomic mass is 16.5. The number of anilines is 1. The number of nitrogens with one attached hydrogen (secondary N) is 1. The molecule has 0 bridgehead atoms. The van der Waals surface area contributed by atoms with Crippen molar-refractivity contribution in [2.45, 2.75) is 45.3 Å². The highest BCUT2D eigenvalue weighted by Crippen LogP contribution is 2.34. The molecular formula is C18H22N2O3.